The molecule has 17 heavy (non-hydrogen) atoms. The average Bonchev–Trinajstić information content (AvgIpc) is 2.76. The molecular formula is C11H14ClN5. The van der Waals surface area contributed by atoms with Gasteiger partial charge in [0.1, 0.15) is 0 Å². The molecule has 0 aliphatic carbocycles. The molecule has 6 heteroatoms. The molecule has 2 rings (SSSR count). The molecule has 5 nitrogen and oxygen atoms in total. The second kappa shape index (κ2) is 5.75. The third-order valence-corrected chi connectivity index (χ3v) is 2.77. The second-order valence-electron chi connectivity index (χ2n) is 3.68. The minimum absolute atomic E-state index is 0.514. The first kappa shape index (κ1) is 12.0. The van der Waals surface area contributed by atoms with E-state index in [9.17, 15) is 0 Å². The van der Waals surface area contributed by atoms with Gasteiger partial charge in [-0.1, -0.05) is 29.8 Å². The van der Waals surface area contributed by atoms with Gasteiger partial charge in [-0.2, -0.15) is 4.80 Å². The molecule has 0 atom stereocenters. The Kier molecular flexibility index (Phi) is 4.06. The largest absolute Gasteiger partial charge is 0.329 e. The Morgan fingerprint density at radius 3 is 2.82 bits per heavy atom. The highest BCUT2D eigenvalue weighted by molar-refractivity contribution is 6.31. The fourth-order valence-electron chi connectivity index (χ4n) is 1.53. The molecule has 0 saturated heterocycles. The first-order valence-electron chi connectivity index (χ1n) is 5.50. The molecule has 0 aliphatic heterocycles. The highest BCUT2D eigenvalue weighted by atomic mass is 35.5. The van der Waals surface area contributed by atoms with Crippen molar-refractivity contribution >= 4 is 11.6 Å². The van der Waals surface area contributed by atoms with E-state index in [1.807, 2.05) is 24.3 Å². The van der Waals surface area contributed by atoms with Crippen molar-refractivity contribution in [3.63, 3.8) is 0 Å². The second-order valence-corrected chi connectivity index (χ2v) is 4.09. The number of benzene rings is 1. The Morgan fingerprint density at radius 2 is 2.06 bits per heavy atom. The van der Waals surface area contributed by atoms with Gasteiger partial charge in [0.25, 0.3) is 0 Å². The van der Waals surface area contributed by atoms with Crippen LogP contribution in [0.1, 0.15) is 11.4 Å². The van der Waals surface area contributed by atoms with Crippen molar-refractivity contribution in [1.82, 2.24) is 20.2 Å². The van der Waals surface area contributed by atoms with Crippen LogP contribution in [-0.4, -0.2) is 26.8 Å². The Morgan fingerprint density at radius 1 is 1.24 bits per heavy atom. The zero-order valence-corrected chi connectivity index (χ0v) is 10.1. The molecule has 0 fully saturated rings. The van der Waals surface area contributed by atoms with Crippen molar-refractivity contribution < 1.29 is 0 Å². The van der Waals surface area contributed by atoms with Crippen LogP contribution >= 0.6 is 11.6 Å². The molecule has 0 bridgehead atoms. The molecule has 1 heterocycles. The van der Waals surface area contributed by atoms with Gasteiger partial charge in [-0.15, -0.1) is 10.2 Å². The van der Waals surface area contributed by atoms with E-state index in [-0.39, 0.29) is 0 Å². The van der Waals surface area contributed by atoms with Gasteiger partial charge < -0.3 is 5.73 Å². The van der Waals surface area contributed by atoms with Gasteiger partial charge in [-0.3, -0.25) is 0 Å². The Balaban J connectivity index is 1.95. The van der Waals surface area contributed by atoms with E-state index >= 15 is 0 Å². The normalized spacial score (nSPS) is 10.7. The van der Waals surface area contributed by atoms with Crippen molar-refractivity contribution in [2.24, 2.45) is 5.73 Å². The third-order valence-electron chi connectivity index (χ3n) is 2.40. The maximum Gasteiger partial charge on any atom is 0.175 e. The first-order valence-corrected chi connectivity index (χ1v) is 5.87. The summed E-state index contributed by atoms with van der Waals surface area (Å²) < 4.78 is 0. The number of nitrogens with zero attached hydrogens (tertiary/aromatic N) is 4. The SMILES string of the molecule is NCCn1nnc(CCc2ccccc2Cl)n1. The predicted molar refractivity (Wildman–Crippen MR) is 65.7 cm³/mol. The van der Waals surface area contributed by atoms with Gasteiger partial charge in [0.2, 0.25) is 0 Å². The van der Waals surface area contributed by atoms with Crippen molar-refractivity contribution in [2.45, 2.75) is 19.4 Å². The van der Waals surface area contributed by atoms with E-state index in [1.54, 1.807) is 0 Å². The van der Waals surface area contributed by atoms with Crippen molar-refractivity contribution in [3.8, 4) is 0 Å². The summed E-state index contributed by atoms with van der Waals surface area (Å²) >= 11 is 6.07. The molecule has 0 spiro atoms. The molecule has 0 amide bonds. The molecule has 0 saturated carbocycles. The Labute approximate surface area is 105 Å². The topological polar surface area (TPSA) is 69.6 Å². The van der Waals surface area contributed by atoms with E-state index in [1.165, 1.54) is 4.80 Å². The lowest BCUT2D eigenvalue weighted by molar-refractivity contribution is 0.528. The van der Waals surface area contributed by atoms with Gasteiger partial charge in [-0.05, 0) is 23.3 Å². The number of nitrogens with two attached hydrogens (primary N) is 1. The summed E-state index contributed by atoms with van der Waals surface area (Å²) in [6.45, 7) is 1.11. The lowest BCUT2D eigenvalue weighted by Gasteiger charge is -2.00. The molecule has 1 aromatic heterocycles. The van der Waals surface area contributed by atoms with E-state index in [2.05, 4.69) is 15.4 Å². The predicted octanol–water partition coefficient (Wildman–Crippen LogP) is 1.07. The summed E-state index contributed by atoms with van der Waals surface area (Å²) in [5.74, 6) is 0.721. The maximum atomic E-state index is 6.07. The van der Waals surface area contributed by atoms with Crippen molar-refractivity contribution in [3.05, 3.63) is 40.7 Å². The van der Waals surface area contributed by atoms with Crippen LogP contribution in [0.2, 0.25) is 5.02 Å². The summed E-state index contributed by atoms with van der Waals surface area (Å²) in [6.07, 6.45) is 1.54. The number of halogens is 1. The monoisotopic (exact) mass is 251 g/mol. The summed E-state index contributed by atoms with van der Waals surface area (Å²) in [5.41, 5.74) is 6.51. The summed E-state index contributed by atoms with van der Waals surface area (Å²) in [5, 5.41) is 12.9. The van der Waals surface area contributed by atoms with Crippen LogP contribution in [0.15, 0.2) is 24.3 Å². The highest BCUT2D eigenvalue weighted by Gasteiger charge is 2.04. The minimum atomic E-state index is 0.514. The molecule has 0 aliphatic rings. The standard InChI is InChI=1S/C11H14ClN5/c12-10-4-2-1-3-9(10)5-6-11-14-16-17(15-11)8-7-13/h1-4H,5-8,13H2. The van der Waals surface area contributed by atoms with Gasteiger partial charge in [0.05, 0.1) is 6.54 Å². The zero-order chi connectivity index (χ0) is 12.1. The van der Waals surface area contributed by atoms with Crippen LogP contribution in [0.5, 0.6) is 0 Å². The van der Waals surface area contributed by atoms with Crippen LogP contribution < -0.4 is 5.73 Å². The fourth-order valence-corrected chi connectivity index (χ4v) is 1.76. The smallest absolute Gasteiger partial charge is 0.175 e. The molecule has 0 radical (unpaired) electrons. The maximum absolute atomic E-state index is 6.07. The van der Waals surface area contributed by atoms with Crippen molar-refractivity contribution in [2.75, 3.05) is 6.54 Å². The van der Waals surface area contributed by atoms with Crippen LogP contribution in [0.4, 0.5) is 0 Å². The van der Waals surface area contributed by atoms with Crippen molar-refractivity contribution in [1.29, 1.82) is 0 Å². The Hall–Kier alpha value is -1.46. The van der Waals surface area contributed by atoms with E-state index < -0.39 is 0 Å². The molecular weight excluding hydrogens is 238 g/mol. The van der Waals surface area contributed by atoms with Crippen LogP contribution in [0.3, 0.4) is 0 Å². The Bertz CT molecular complexity index is 482. The quantitative estimate of drug-likeness (QED) is 0.863. The molecule has 90 valence electrons. The fraction of sp³-hybridized carbons (Fsp3) is 0.364. The highest BCUT2D eigenvalue weighted by Crippen LogP contribution is 2.16. The summed E-state index contributed by atoms with van der Waals surface area (Å²) in [6, 6.07) is 7.78. The van der Waals surface area contributed by atoms with E-state index in [4.69, 9.17) is 17.3 Å². The third kappa shape index (κ3) is 3.25. The number of hydrogen-bond donors (Lipinski definition) is 1. The number of tetrazole rings is 1. The van der Waals surface area contributed by atoms with Gasteiger partial charge in [0, 0.05) is 18.0 Å². The van der Waals surface area contributed by atoms with Gasteiger partial charge in [-0.25, -0.2) is 0 Å². The van der Waals surface area contributed by atoms with E-state index in [0.717, 1.165) is 29.3 Å². The molecule has 2 N–H and O–H groups in total. The van der Waals surface area contributed by atoms with Gasteiger partial charge in [0.15, 0.2) is 5.82 Å². The molecule has 2 aromatic rings. The number of hydrogen-bond acceptors (Lipinski definition) is 4. The van der Waals surface area contributed by atoms with Crippen LogP contribution in [-0.2, 0) is 19.4 Å². The number of aromatic nitrogens is 4. The molecule has 0 unspecified atom stereocenters. The number of rotatable bonds is 5. The van der Waals surface area contributed by atoms with Gasteiger partial charge >= 0.3 is 0 Å². The lowest BCUT2D eigenvalue weighted by atomic mass is 10.1. The minimum Gasteiger partial charge on any atom is -0.329 e. The molecule has 1 aromatic carbocycles. The average molecular weight is 252 g/mol. The van der Waals surface area contributed by atoms with Crippen LogP contribution in [0.25, 0.3) is 0 Å². The first-order chi connectivity index (χ1) is 8.29. The van der Waals surface area contributed by atoms with E-state index in [0.29, 0.717) is 13.1 Å². The summed E-state index contributed by atoms with van der Waals surface area (Å²) in [4.78, 5) is 1.52. The zero-order valence-electron chi connectivity index (χ0n) is 9.38. The lowest BCUT2D eigenvalue weighted by Crippen LogP contribution is -2.12. The number of aryl methyl sites for hydroxylation is 2. The van der Waals surface area contributed by atoms with Crippen LogP contribution in [0, 0.1) is 0 Å². The summed E-state index contributed by atoms with van der Waals surface area (Å²) in [7, 11) is 0.